The van der Waals surface area contributed by atoms with Crippen LogP contribution in [0, 0.1) is 13.8 Å². The third-order valence-electron chi connectivity index (χ3n) is 3.26. The maximum atomic E-state index is 4.22. The summed E-state index contributed by atoms with van der Waals surface area (Å²) in [6.07, 6.45) is 3.73. The van der Waals surface area contributed by atoms with Crippen LogP contribution in [0.1, 0.15) is 15.3 Å². The minimum atomic E-state index is 0.872. The van der Waals surface area contributed by atoms with Gasteiger partial charge in [0.2, 0.25) is 0 Å². The lowest BCUT2D eigenvalue weighted by molar-refractivity contribution is 0.880. The molecule has 20 heavy (non-hydrogen) atoms. The summed E-state index contributed by atoms with van der Waals surface area (Å²) in [5.41, 5.74) is 3.58. The molecule has 0 saturated carbocycles. The van der Waals surface area contributed by atoms with E-state index >= 15 is 0 Å². The Hall–Kier alpha value is -2.07. The van der Waals surface area contributed by atoms with E-state index in [4.69, 9.17) is 0 Å². The molecule has 3 aromatic rings. The number of thiophene rings is 1. The van der Waals surface area contributed by atoms with E-state index < -0.39 is 0 Å². The SMILES string of the molecule is Cc1cc(CNc2ccc(-n3cccn3)cc2)c(C)s1. The van der Waals surface area contributed by atoms with Crippen molar-refractivity contribution in [1.29, 1.82) is 0 Å². The molecule has 0 aliphatic rings. The fraction of sp³-hybridized carbons (Fsp3) is 0.188. The van der Waals surface area contributed by atoms with Crippen LogP contribution in [-0.4, -0.2) is 9.78 Å². The summed E-state index contributed by atoms with van der Waals surface area (Å²) >= 11 is 1.85. The van der Waals surface area contributed by atoms with E-state index in [9.17, 15) is 0 Å². The van der Waals surface area contributed by atoms with Crippen molar-refractivity contribution < 1.29 is 0 Å². The summed E-state index contributed by atoms with van der Waals surface area (Å²) in [4.78, 5) is 2.76. The molecular formula is C16H17N3S. The van der Waals surface area contributed by atoms with Crippen molar-refractivity contribution in [3.63, 3.8) is 0 Å². The molecule has 2 heterocycles. The molecule has 0 aliphatic heterocycles. The van der Waals surface area contributed by atoms with Gasteiger partial charge in [0.25, 0.3) is 0 Å². The third-order valence-corrected chi connectivity index (χ3v) is 4.27. The zero-order chi connectivity index (χ0) is 13.9. The summed E-state index contributed by atoms with van der Waals surface area (Å²) in [7, 11) is 0. The van der Waals surface area contributed by atoms with Gasteiger partial charge in [0, 0.05) is 34.4 Å². The van der Waals surface area contributed by atoms with Crippen molar-refractivity contribution in [1.82, 2.24) is 9.78 Å². The molecule has 0 saturated heterocycles. The number of nitrogens with one attached hydrogen (secondary N) is 1. The molecule has 102 valence electrons. The fourth-order valence-corrected chi connectivity index (χ4v) is 3.16. The Morgan fingerprint density at radius 3 is 2.60 bits per heavy atom. The zero-order valence-electron chi connectivity index (χ0n) is 11.6. The summed E-state index contributed by atoms with van der Waals surface area (Å²) in [5.74, 6) is 0. The Labute approximate surface area is 122 Å². The quantitative estimate of drug-likeness (QED) is 0.779. The second-order valence-corrected chi connectivity index (χ2v) is 6.25. The highest BCUT2D eigenvalue weighted by Gasteiger charge is 2.03. The second-order valence-electron chi connectivity index (χ2n) is 4.79. The van der Waals surface area contributed by atoms with Crippen molar-refractivity contribution >= 4 is 17.0 Å². The number of hydrogen-bond acceptors (Lipinski definition) is 3. The lowest BCUT2D eigenvalue weighted by Gasteiger charge is -2.07. The van der Waals surface area contributed by atoms with Gasteiger partial charge in [0.15, 0.2) is 0 Å². The van der Waals surface area contributed by atoms with Crippen LogP contribution in [0.25, 0.3) is 5.69 Å². The first-order valence-electron chi connectivity index (χ1n) is 6.62. The molecule has 0 atom stereocenters. The van der Waals surface area contributed by atoms with Crippen LogP contribution in [0.15, 0.2) is 48.8 Å². The molecule has 0 fully saturated rings. The van der Waals surface area contributed by atoms with Gasteiger partial charge in [-0.05, 0) is 55.8 Å². The van der Waals surface area contributed by atoms with Crippen LogP contribution < -0.4 is 5.32 Å². The van der Waals surface area contributed by atoms with E-state index in [1.54, 1.807) is 6.20 Å². The number of rotatable bonds is 4. The van der Waals surface area contributed by atoms with Crippen LogP contribution >= 0.6 is 11.3 Å². The van der Waals surface area contributed by atoms with Gasteiger partial charge in [-0.15, -0.1) is 11.3 Å². The molecule has 3 rings (SSSR count). The fourth-order valence-electron chi connectivity index (χ4n) is 2.21. The number of hydrogen-bond donors (Lipinski definition) is 1. The minimum Gasteiger partial charge on any atom is -0.381 e. The molecule has 3 nitrogen and oxygen atoms in total. The Morgan fingerprint density at radius 1 is 1.20 bits per heavy atom. The third kappa shape index (κ3) is 2.75. The lowest BCUT2D eigenvalue weighted by atomic mass is 10.2. The summed E-state index contributed by atoms with van der Waals surface area (Å²) in [5, 5.41) is 7.69. The number of aromatic nitrogens is 2. The average Bonchev–Trinajstić information content (AvgIpc) is 3.07. The van der Waals surface area contributed by atoms with E-state index in [0.717, 1.165) is 17.9 Å². The van der Waals surface area contributed by atoms with Crippen molar-refractivity contribution in [2.45, 2.75) is 20.4 Å². The zero-order valence-corrected chi connectivity index (χ0v) is 12.4. The summed E-state index contributed by atoms with van der Waals surface area (Å²) in [6, 6.07) is 12.5. The maximum absolute atomic E-state index is 4.22. The van der Waals surface area contributed by atoms with E-state index in [0.29, 0.717) is 0 Å². The molecule has 4 heteroatoms. The predicted molar refractivity (Wildman–Crippen MR) is 84.7 cm³/mol. The average molecular weight is 283 g/mol. The van der Waals surface area contributed by atoms with Gasteiger partial charge in [-0.1, -0.05) is 0 Å². The van der Waals surface area contributed by atoms with Crippen LogP contribution in [0.4, 0.5) is 5.69 Å². The van der Waals surface area contributed by atoms with Crippen LogP contribution in [0.5, 0.6) is 0 Å². The number of nitrogens with zero attached hydrogens (tertiary/aromatic N) is 2. The van der Waals surface area contributed by atoms with Gasteiger partial charge in [-0.2, -0.15) is 5.10 Å². The summed E-state index contributed by atoms with van der Waals surface area (Å²) < 4.78 is 1.86. The minimum absolute atomic E-state index is 0.872. The van der Waals surface area contributed by atoms with Gasteiger partial charge in [0.1, 0.15) is 0 Å². The van der Waals surface area contributed by atoms with Crippen LogP contribution in [-0.2, 0) is 6.54 Å². The normalized spacial score (nSPS) is 10.7. The standard InChI is InChI=1S/C16H17N3S/c1-12-10-14(13(2)20-12)11-17-15-4-6-16(7-5-15)19-9-3-8-18-19/h3-10,17H,11H2,1-2H3. The first-order chi connectivity index (χ1) is 9.72. The lowest BCUT2D eigenvalue weighted by Crippen LogP contribution is -2.00. The first-order valence-corrected chi connectivity index (χ1v) is 7.44. The molecule has 0 aliphatic carbocycles. The van der Waals surface area contributed by atoms with E-state index in [1.165, 1.54) is 15.3 Å². The largest absolute Gasteiger partial charge is 0.381 e. The Bertz CT molecular complexity index is 681. The topological polar surface area (TPSA) is 29.9 Å². The van der Waals surface area contributed by atoms with E-state index in [1.807, 2.05) is 28.3 Å². The van der Waals surface area contributed by atoms with Gasteiger partial charge >= 0.3 is 0 Å². The van der Waals surface area contributed by atoms with Crippen LogP contribution in [0.2, 0.25) is 0 Å². The highest BCUT2D eigenvalue weighted by molar-refractivity contribution is 7.12. The number of anilines is 1. The van der Waals surface area contributed by atoms with Gasteiger partial charge in [-0.25, -0.2) is 4.68 Å². The Morgan fingerprint density at radius 2 is 2.00 bits per heavy atom. The second kappa shape index (κ2) is 5.51. The van der Waals surface area contributed by atoms with Crippen molar-refractivity contribution in [2.75, 3.05) is 5.32 Å². The molecule has 0 unspecified atom stereocenters. The van der Waals surface area contributed by atoms with Gasteiger partial charge < -0.3 is 5.32 Å². The molecule has 0 amide bonds. The molecular weight excluding hydrogens is 266 g/mol. The van der Waals surface area contributed by atoms with Crippen molar-refractivity contribution in [3.8, 4) is 5.69 Å². The van der Waals surface area contributed by atoms with Gasteiger partial charge in [0.05, 0.1) is 5.69 Å². The van der Waals surface area contributed by atoms with Crippen molar-refractivity contribution in [2.24, 2.45) is 0 Å². The molecule has 0 spiro atoms. The Balaban J connectivity index is 1.68. The molecule has 2 aromatic heterocycles. The highest BCUT2D eigenvalue weighted by atomic mass is 32.1. The summed E-state index contributed by atoms with van der Waals surface area (Å²) in [6.45, 7) is 5.20. The number of aryl methyl sites for hydroxylation is 2. The first kappa shape index (κ1) is 12.9. The maximum Gasteiger partial charge on any atom is 0.0647 e. The van der Waals surface area contributed by atoms with E-state index in [-0.39, 0.29) is 0 Å². The van der Waals surface area contributed by atoms with E-state index in [2.05, 4.69) is 54.6 Å². The predicted octanol–water partition coefficient (Wildman–Crippen LogP) is 4.16. The number of benzene rings is 1. The highest BCUT2D eigenvalue weighted by Crippen LogP contribution is 2.22. The van der Waals surface area contributed by atoms with Crippen molar-refractivity contribution in [3.05, 3.63) is 64.1 Å². The molecule has 0 radical (unpaired) electrons. The molecule has 1 N–H and O–H groups in total. The van der Waals surface area contributed by atoms with Gasteiger partial charge in [-0.3, -0.25) is 0 Å². The smallest absolute Gasteiger partial charge is 0.0647 e. The van der Waals surface area contributed by atoms with Crippen LogP contribution in [0.3, 0.4) is 0 Å². The molecule has 1 aromatic carbocycles. The monoisotopic (exact) mass is 283 g/mol. The Kier molecular flexibility index (Phi) is 3.56. The molecule has 0 bridgehead atoms.